The summed E-state index contributed by atoms with van der Waals surface area (Å²) in [5.41, 5.74) is 2.10. The first-order chi connectivity index (χ1) is 11.1. The van der Waals surface area contributed by atoms with Crippen LogP contribution in [-0.4, -0.2) is 32.2 Å². The highest BCUT2D eigenvalue weighted by Gasteiger charge is 2.04. The molecule has 2 aromatic carbocycles. The van der Waals surface area contributed by atoms with Crippen LogP contribution in [-0.2, 0) is 9.47 Å². The number of ether oxygens (including phenoxy) is 2. The highest BCUT2D eigenvalue weighted by atomic mass is 16.5. The van der Waals surface area contributed by atoms with E-state index in [1.807, 2.05) is 0 Å². The van der Waals surface area contributed by atoms with Crippen LogP contribution in [0.3, 0.4) is 0 Å². The Labute approximate surface area is 133 Å². The number of aliphatic imine (C=N–C) groups is 2. The van der Waals surface area contributed by atoms with Crippen molar-refractivity contribution < 1.29 is 19.1 Å². The Morgan fingerprint density at radius 1 is 0.739 bits per heavy atom. The monoisotopic (exact) mass is 310 g/mol. The zero-order valence-electron chi connectivity index (χ0n) is 12.6. The smallest absolute Gasteiger partial charge is 0.337 e. The lowest BCUT2D eigenvalue weighted by Crippen LogP contribution is -1.99. The van der Waals surface area contributed by atoms with Crippen LogP contribution in [0.15, 0.2) is 58.5 Å². The Hall–Kier alpha value is -3.24. The summed E-state index contributed by atoms with van der Waals surface area (Å²) in [7, 11) is 2.65. The van der Waals surface area contributed by atoms with Crippen LogP contribution in [0.25, 0.3) is 0 Å². The third-order valence-electron chi connectivity index (χ3n) is 2.94. The van der Waals surface area contributed by atoms with Crippen molar-refractivity contribution in [3.05, 3.63) is 59.7 Å². The molecule has 6 heteroatoms. The molecule has 0 spiro atoms. The van der Waals surface area contributed by atoms with Gasteiger partial charge >= 0.3 is 11.9 Å². The second-order valence-electron chi connectivity index (χ2n) is 4.40. The number of rotatable bonds is 4. The predicted octanol–water partition coefficient (Wildman–Crippen LogP) is 3.40. The molecule has 0 saturated heterocycles. The molecule has 0 radical (unpaired) electrons. The number of hydrogen-bond acceptors (Lipinski definition) is 6. The van der Waals surface area contributed by atoms with E-state index in [-0.39, 0.29) is 0 Å². The summed E-state index contributed by atoms with van der Waals surface area (Å²) in [5, 5.41) is 0. The van der Waals surface area contributed by atoms with Gasteiger partial charge in [-0.15, -0.1) is 0 Å². The second-order valence-corrected chi connectivity index (χ2v) is 4.40. The fourth-order valence-corrected chi connectivity index (χ4v) is 1.72. The number of benzene rings is 2. The maximum Gasteiger partial charge on any atom is 0.337 e. The molecule has 0 atom stereocenters. The van der Waals surface area contributed by atoms with E-state index in [4.69, 9.17) is 0 Å². The van der Waals surface area contributed by atoms with Gasteiger partial charge in [0.1, 0.15) is 6.01 Å². The van der Waals surface area contributed by atoms with E-state index < -0.39 is 11.9 Å². The van der Waals surface area contributed by atoms with Gasteiger partial charge in [0.15, 0.2) is 0 Å². The molecule has 0 fully saturated rings. The van der Waals surface area contributed by atoms with Crippen molar-refractivity contribution in [1.29, 1.82) is 0 Å². The molecule has 0 bridgehead atoms. The first-order valence-electron chi connectivity index (χ1n) is 6.67. The number of nitrogens with zero attached hydrogens (tertiary/aromatic N) is 2. The number of methoxy groups -OCH3 is 2. The summed E-state index contributed by atoms with van der Waals surface area (Å²) in [5.74, 6) is -0.806. The molecule has 0 aliphatic carbocycles. The molecular formula is C17H14N2O4. The van der Waals surface area contributed by atoms with Gasteiger partial charge in [0.2, 0.25) is 0 Å². The van der Waals surface area contributed by atoms with E-state index in [0.29, 0.717) is 22.5 Å². The quantitative estimate of drug-likeness (QED) is 0.640. The SMILES string of the molecule is COC(=O)c1ccc(N=C=Nc2ccc(C(=O)OC)cc2)cc1. The molecule has 0 aliphatic heterocycles. The minimum atomic E-state index is -0.403. The van der Waals surface area contributed by atoms with Crippen LogP contribution in [0.1, 0.15) is 20.7 Å². The minimum Gasteiger partial charge on any atom is -0.465 e. The Kier molecular flexibility index (Phi) is 5.39. The average molecular weight is 310 g/mol. The van der Waals surface area contributed by atoms with Crippen LogP contribution in [0.2, 0.25) is 0 Å². The fraction of sp³-hybridized carbons (Fsp3) is 0.118. The third-order valence-corrected chi connectivity index (χ3v) is 2.94. The molecule has 6 nitrogen and oxygen atoms in total. The molecular weight excluding hydrogens is 296 g/mol. The molecule has 0 saturated carbocycles. The van der Waals surface area contributed by atoms with Gasteiger partial charge in [-0.25, -0.2) is 9.59 Å². The van der Waals surface area contributed by atoms with E-state index in [9.17, 15) is 9.59 Å². The molecule has 0 aromatic heterocycles. The molecule has 0 aliphatic rings. The minimum absolute atomic E-state index is 0.403. The van der Waals surface area contributed by atoms with Crippen LogP contribution in [0, 0.1) is 0 Å². The average Bonchev–Trinajstić information content (AvgIpc) is 2.61. The van der Waals surface area contributed by atoms with Gasteiger partial charge in [-0.1, -0.05) is 0 Å². The Balaban J connectivity index is 2.08. The summed E-state index contributed by atoms with van der Waals surface area (Å²) < 4.78 is 9.23. The summed E-state index contributed by atoms with van der Waals surface area (Å²) in [6.07, 6.45) is 0. The van der Waals surface area contributed by atoms with E-state index >= 15 is 0 Å². The van der Waals surface area contributed by atoms with Crippen LogP contribution < -0.4 is 0 Å². The molecule has 2 rings (SSSR count). The highest BCUT2D eigenvalue weighted by molar-refractivity contribution is 5.90. The molecule has 0 amide bonds. The van der Waals surface area contributed by atoms with Gasteiger partial charge in [0, 0.05) is 0 Å². The van der Waals surface area contributed by atoms with E-state index in [0.717, 1.165) is 0 Å². The molecule has 0 heterocycles. The zero-order chi connectivity index (χ0) is 16.7. The van der Waals surface area contributed by atoms with Crippen LogP contribution >= 0.6 is 0 Å². The molecule has 23 heavy (non-hydrogen) atoms. The number of carbonyl (C=O) groups excluding carboxylic acids is 2. The number of carbonyl (C=O) groups is 2. The van der Waals surface area contributed by atoms with Crippen LogP contribution in [0.5, 0.6) is 0 Å². The Bertz CT molecular complexity index is 695. The van der Waals surface area contributed by atoms with Crippen molar-refractivity contribution in [3.63, 3.8) is 0 Å². The Morgan fingerprint density at radius 2 is 1.09 bits per heavy atom. The molecule has 0 unspecified atom stereocenters. The lowest BCUT2D eigenvalue weighted by Gasteiger charge is -1.98. The highest BCUT2D eigenvalue weighted by Crippen LogP contribution is 2.15. The van der Waals surface area contributed by atoms with Gasteiger partial charge in [-0.2, -0.15) is 9.98 Å². The lowest BCUT2D eigenvalue weighted by atomic mass is 10.2. The van der Waals surface area contributed by atoms with Crippen LogP contribution in [0.4, 0.5) is 11.4 Å². The summed E-state index contributed by atoms with van der Waals surface area (Å²) in [4.78, 5) is 30.7. The number of hydrogen-bond donors (Lipinski definition) is 0. The van der Waals surface area contributed by atoms with E-state index in [2.05, 4.69) is 25.5 Å². The van der Waals surface area contributed by atoms with Crippen molar-refractivity contribution in [2.75, 3.05) is 14.2 Å². The summed E-state index contributed by atoms with van der Waals surface area (Å²) in [6, 6.07) is 15.6. The van der Waals surface area contributed by atoms with Gasteiger partial charge in [0.25, 0.3) is 0 Å². The maximum absolute atomic E-state index is 11.3. The van der Waals surface area contributed by atoms with Gasteiger partial charge < -0.3 is 9.47 Å². The van der Waals surface area contributed by atoms with Gasteiger partial charge in [0.05, 0.1) is 36.7 Å². The van der Waals surface area contributed by atoms with Crippen molar-refractivity contribution in [3.8, 4) is 0 Å². The maximum atomic E-state index is 11.3. The normalized spacial score (nSPS) is 9.48. The van der Waals surface area contributed by atoms with E-state index in [1.165, 1.54) is 14.2 Å². The molecule has 2 aromatic rings. The third kappa shape index (κ3) is 4.36. The van der Waals surface area contributed by atoms with Crippen molar-refractivity contribution in [1.82, 2.24) is 0 Å². The Morgan fingerprint density at radius 3 is 1.39 bits per heavy atom. The standard InChI is InChI=1S/C17H14N2O4/c1-22-16(20)12-3-7-14(8-4-12)18-11-19-15-9-5-13(6-10-15)17(21)23-2/h3-10H,1-2H3. The second kappa shape index (κ2) is 7.68. The lowest BCUT2D eigenvalue weighted by molar-refractivity contribution is 0.0592. The van der Waals surface area contributed by atoms with Crippen molar-refractivity contribution >= 4 is 29.3 Å². The molecule has 0 N–H and O–H groups in total. The largest absolute Gasteiger partial charge is 0.465 e. The van der Waals surface area contributed by atoms with Gasteiger partial charge in [-0.05, 0) is 48.5 Å². The summed E-state index contributed by atoms with van der Waals surface area (Å²) in [6.45, 7) is 0. The number of esters is 2. The van der Waals surface area contributed by atoms with E-state index in [1.54, 1.807) is 48.5 Å². The fourth-order valence-electron chi connectivity index (χ4n) is 1.72. The van der Waals surface area contributed by atoms with Crippen molar-refractivity contribution in [2.24, 2.45) is 9.98 Å². The topological polar surface area (TPSA) is 77.3 Å². The predicted molar refractivity (Wildman–Crippen MR) is 84.7 cm³/mol. The first kappa shape index (κ1) is 16.1. The first-order valence-corrected chi connectivity index (χ1v) is 6.67. The van der Waals surface area contributed by atoms with Gasteiger partial charge in [-0.3, -0.25) is 0 Å². The summed E-state index contributed by atoms with van der Waals surface area (Å²) >= 11 is 0. The van der Waals surface area contributed by atoms with Crippen molar-refractivity contribution in [2.45, 2.75) is 0 Å². The zero-order valence-corrected chi connectivity index (χ0v) is 12.6. The molecule has 116 valence electrons.